The Hall–Kier alpha value is -3.02. The van der Waals surface area contributed by atoms with E-state index in [1.165, 1.54) is 9.30 Å². The molecule has 0 aliphatic carbocycles. The smallest absolute Gasteiger partial charge is 0.278 e. The molecule has 1 aliphatic rings. The number of anilines is 1. The molecule has 27 heavy (non-hydrogen) atoms. The van der Waals surface area contributed by atoms with Gasteiger partial charge in [0.25, 0.3) is 11.2 Å². The third-order valence-corrected chi connectivity index (χ3v) is 5.11. The standard InChI is InChI=1S/C19H20N6O2/c1-13-2-3-16-22-18-15(19(26)25(16)12-13)10-14(11-20)17(21)24(18)5-4-23-6-8-27-9-7-23/h2-3,10,12,21H,4-9H2,1H3/p+2. The van der Waals surface area contributed by atoms with E-state index in [1.807, 2.05) is 19.1 Å². The van der Waals surface area contributed by atoms with Crippen LogP contribution in [0.25, 0.3) is 16.7 Å². The predicted molar refractivity (Wildman–Crippen MR) is 99.4 cm³/mol. The van der Waals surface area contributed by atoms with Crippen molar-refractivity contribution in [2.24, 2.45) is 0 Å². The minimum Gasteiger partial charge on any atom is -0.370 e. The van der Waals surface area contributed by atoms with Gasteiger partial charge in [0.15, 0.2) is 0 Å². The fourth-order valence-electron chi connectivity index (χ4n) is 3.55. The number of aromatic nitrogens is 3. The summed E-state index contributed by atoms with van der Waals surface area (Å²) in [4.78, 5) is 19.1. The van der Waals surface area contributed by atoms with Crippen LogP contribution in [0.2, 0.25) is 0 Å². The Morgan fingerprint density at radius 3 is 2.93 bits per heavy atom. The van der Waals surface area contributed by atoms with Crippen LogP contribution in [0.5, 0.6) is 0 Å². The Morgan fingerprint density at radius 2 is 2.19 bits per heavy atom. The molecule has 1 aliphatic heterocycles. The van der Waals surface area contributed by atoms with Crippen molar-refractivity contribution >= 4 is 22.5 Å². The molecule has 4 heterocycles. The number of hydrogen-bond donors (Lipinski definition) is 2. The van der Waals surface area contributed by atoms with Gasteiger partial charge in [0.05, 0.1) is 13.2 Å². The molecular weight excluding hydrogens is 344 g/mol. The number of nitriles is 1. The Balaban J connectivity index is 1.88. The van der Waals surface area contributed by atoms with Crippen molar-refractivity contribution in [1.29, 1.82) is 5.26 Å². The highest BCUT2D eigenvalue weighted by molar-refractivity contribution is 5.76. The molecule has 0 spiro atoms. The molecule has 3 aromatic rings. The lowest BCUT2D eigenvalue weighted by Crippen LogP contribution is -3.14. The molecule has 0 aromatic carbocycles. The maximum absolute atomic E-state index is 13.0. The maximum atomic E-state index is 13.0. The van der Waals surface area contributed by atoms with Gasteiger partial charge in [-0.3, -0.25) is 9.20 Å². The summed E-state index contributed by atoms with van der Waals surface area (Å²) in [6.45, 7) is 6.71. The zero-order valence-corrected chi connectivity index (χ0v) is 15.2. The summed E-state index contributed by atoms with van der Waals surface area (Å²) in [5.74, 6) is 0.348. The number of pyridine rings is 2. The summed E-state index contributed by atoms with van der Waals surface area (Å²) in [6.07, 6.45) is 1.76. The minimum atomic E-state index is -0.192. The number of fused-ring (bicyclic) bond motifs is 2. The predicted octanol–water partition coefficient (Wildman–Crippen LogP) is -1.19. The molecule has 138 valence electrons. The second-order valence-corrected chi connectivity index (χ2v) is 6.91. The van der Waals surface area contributed by atoms with Crippen molar-refractivity contribution in [2.75, 3.05) is 38.6 Å². The van der Waals surface area contributed by atoms with Gasteiger partial charge in [0, 0.05) is 6.20 Å². The first-order valence-electron chi connectivity index (χ1n) is 9.05. The molecule has 1 saturated heterocycles. The van der Waals surface area contributed by atoms with Crippen molar-refractivity contribution in [3.8, 4) is 6.07 Å². The Kier molecular flexibility index (Phi) is 4.48. The van der Waals surface area contributed by atoms with Crippen LogP contribution < -0.4 is 20.8 Å². The van der Waals surface area contributed by atoms with Gasteiger partial charge in [-0.2, -0.15) is 5.26 Å². The van der Waals surface area contributed by atoms with Crippen LogP contribution in [-0.2, 0) is 11.3 Å². The number of nitrogens with two attached hydrogens (primary N) is 1. The second-order valence-electron chi connectivity index (χ2n) is 6.91. The van der Waals surface area contributed by atoms with Crippen molar-refractivity contribution in [2.45, 2.75) is 13.5 Å². The highest BCUT2D eigenvalue weighted by atomic mass is 16.5. The number of quaternary nitrogens is 1. The Labute approximate surface area is 156 Å². The van der Waals surface area contributed by atoms with Crippen LogP contribution in [0.3, 0.4) is 0 Å². The quantitative estimate of drug-likeness (QED) is 0.448. The molecule has 4 rings (SSSR count). The van der Waals surface area contributed by atoms with Crippen molar-refractivity contribution in [3.63, 3.8) is 0 Å². The lowest BCUT2D eigenvalue weighted by Gasteiger charge is -2.23. The first-order chi connectivity index (χ1) is 13.1. The molecule has 1 fully saturated rings. The lowest BCUT2D eigenvalue weighted by molar-refractivity contribution is -0.923. The van der Waals surface area contributed by atoms with Gasteiger partial charge >= 0.3 is 0 Å². The first-order valence-corrected chi connectivity index (χ1v) is 9.05. The molecule has 0 radical (unpaired) electrons. The van der Waals surface area contributed by atoms with E-state index in [0.29, 0.717) is 34.6 Å². The highest BCUT2D eigenvalue weighted by Gasteiger charge is 2.23. The van der Waals surface area contributed by atoms with Gasteiger partial charge in [-0.1, -0.05) is 11.1 Å². The van der Waals surface area contributed by atoms with Crippen LogP contribution in [0.15, 0.2) is 29.2 Å². The van der Waals surface area contributed by atoms with Gasteiger partial charge < -0.3 is 15.4 Å². The summed E-state index contributed by atoms with van der Waals surface area (Å²) >= 11 is 0. The normalized spacial score (nSPS) is 15.3. The van der Waals surface area contributed by atoms with Gasteiger partial charge in [0.2, 0.25) is 11.5 Å². The molecule has 3 N–H and O–H groups in total. The highest BCUT2D eigenvalue weighted by Crippen LogP contribution is 2.13. The van der Waals surface area contributed by atoms with E-state index >= 15 is 0 Å². The molecular formula is C19H22N6O2+2. The minimum absolute atomic E-state index is 0.192. The number of nitrogen functional groups attached to an aromatic ring is 1. The largest absolute Gasteiger partial charge is 0.370 e. The first kappa shape index (κ1) is 17.4. The molecule has 0 atom stereocenters. The molecule has 8 nitrogen and oxygen atoms in total. The summed E-state index contributed by atoms with van der Waals surface area (Å²) in [7, 11) is 0. The van der Waals surface area contributed by atoms with Crippen molar-refractivity contribution in [1.82, 2.24) is 9.38 Å². The molecule has 0 amide bonds. The van der Waals surface area contributed by atoms with Gasteiger partial charge in [-0.05, 0) is 24.6 Å². The number of aryl methyl sites for hydroxylation is 1. The van der Waals surface area contributed by atoms with E-state index in [9.17, 15) is 10.1 Å². The van der Waals surface area contributed by atoms with Crippen LogP contribution in [0.1, 0.15) is 11.1 Å². The van der Waals surface area contributed by atoms with Gasteiger partial charge in [0.1, 0.15) is 43.2 Å². The summed E-state index contributed by atoms with van der Waals surface area (Å²) < 4.78 is 8.73. The molecule has 3 aromatic heterocycles. The van der Waals surface area contributed by atoms with Crippen LogP contribution >= 0.6 is 0 Å². The lowest BCUT2D eigenvalue weighted by atomic mass is 10.2. The monoisotopic (exact) mass is 366 g/mol. The number of nitrogens with zero attached hydrogens (tertiary/aromatic N) is 4. The number of morpholine rings is 1. The molecule has 0 bridgehead atoms. The number of ether oxygens (including phenoxy) is 1. The summed E-state index contributed by atoms with van der Waals surface area (Å²) in [6, 6.07) is 7.39. The second kappa shape index (κ2) is 6.95. The zero-order valence-electron chi connectivity index (χ0n) is 15.2. The van der Waals surface area contributed by atoms with E-state index in [1.54, 1.807) is 16.8 Å². The Bertz CT molecular complexity index is 1130. The topological polar surface area (TPSA) is 102 Å². The van der Waals surface area contributed by atoms with Crippen LogP contribution in [0.4, 0.5) is 5.82 Å². The molecule has 8 heteroatoms. The number of rotatable bonds is 3. The Morgan fingerprint density at radius 1 is 1.41 bits per heavy atom. The molecule has 0 unspecified atom stereocenters. The summed E-state index contributed by atoms with van der Waals surface area (Å²) in [5, 5.41) is 9.88. The van der Waals surface area contributed by atoms with Gasteiger partial charge in [-0.25, -0.2) is 4.57 Å². The fraction of sp³-hybridized carbons (Fsp3) is 0.368. The number of nitrogens with one attached hydrogen (secondary N) is 1. The average Bonchev–Trinajstić information content (AvgIpc) is 2.69. The molecule has 0 saturated carbocycles. The van der Waals surface area contributed by atoms with Crippen molar-refractivity contribution in [3.05, 3.63) is 45.9 Å². The summed E-state index contributed by atoms with van der Waals surface area (Å²) in [5.41, 5.74) is 8.41. The maximum Gasteiger partial charge on any atom is 0.278 e. The van der Waals surface area contributed by atoms with Crippen LogP contribution in [0, 0.1) is 18.3 Å². The van der Waals surface area contributed by atoms with Crippen LogP contribution in [-0.4, -0.2) is 42.2 Å². The average molecular weight is 366 g/mol. The fourth-order valence-corrected chi connectivity index (χ4v) is 3.55. The van der Waals surface area contributed by atoms with E-state index in [2.05, 4.69) is 11.1 Å². The third kappa shape index (κ3) is 3.12. The van der Waals surface area contributed by atoms with E-state index in [0.717, 1.165) is 38.4 Å². The van der Waals surface area contributed by atoms with Crippen molar-refractivity contribution < 1.29 is 14.2 Å². The number of hydrogen-bond acceptors (Lipinski definition) is 5. The van der Waals surface area contributed by atoms with E-state index < -0.39 is 0 Å². The van der Waals surface area contributed by atoms with E-state index in [4.69, 9.17) is 10.5 Å². The zero-order chi connectivity index (χ0) is 19.0. The SMILES string of the molecule is Cc1ccc2nc3c(cc(C#N)c(N)[n+]3CC[NH+]3CCOCC3)c(=O)n2c1. The van der Waals surface area contributed by atoms with E-state index in [-0.39, 0.29) is 5.56 Å². The third-order valence-electron chi connectivity index (χ3n) is 5.11. The van der Waals surface area contributed by atoms with Gasteiger partial charge in [-0.15, -0.1) is 0 Å².